The third-order valence-corrected chi connectivity index (χ3v) is 7.64. The third-order valence-electron chi connectivity index (χ3n) is 7.64. The maximum absolute atomic E-state index is 13.4. The number of nitrogens with one attached hydrogen (secondary N) is 1. The fourth-order valence-corrected chi connectivity index (χ4v) is 4.74. The number of hydrogen-bond donors (Lipinski definition) is 1. The molecule has 1 saturated carbocycles. The lowest BCUT2D eigenvalue weighted by molar-refractivity contribution is -0.0502. The Kier molecular flexibility index (Phi) is 6.75. The molecule has 13 heteroatoms. The number of aromatic nitrogens is 2. The maximum Gasteiger partial charge on any atom is 0.494 e. The van der Waals surface area contributed by atoms with E-state index in [0.717, 1.165) is 0 Å². The van der Waals surface area contributed by atoms with Crippen molar-refractivity contribution in [2.75, 3.05) is 7.11 Å². The summed E-state index contributed by atoms with van der Waals surface area (Å²) >= 11 is 0. The molecule has 2 heterocycles. The van der Waals surface area contributed by atoms with Crippen molar-refractivity contribution in [2.45, 2.75) is 64.1 Å². The van der Waals surface area contributed by atoms with Gasteiger partial charge in [0.2, 0.25) is 0 Å². The van der Waals surface area contributed by atoms with Crippen LogP contribution in [0.4, 0.5) is 13.2 Å². The molecule has 1 aromatic heterocycles. The Bertz CT molecular complexity index is 1540. The Morgan fingerprint density at radius 3 is 2.38 bits per heavy atom. The summed E-state index contributed by atoms with van der Waals surface area (Å²) in [6.45, 7) is 4.44. The molecule has 2 aliphatic rings. The van der Waals surface area contributed by atoms with Gasteiger partial charge in [0.25, 0.3) is 5.91 Å². The van der Waals surface area contributed by atoms with E-state index in [1.807, 2.05) is 27.7 Å². The second kappa shape index (κ2) is 9.71. The van der Waals surface area contributed by atoms with Crippen LogP contribution < -0.4 is 20.3 Å². The number of methoxy groups -OCH3 is 1. The zero-order chi connectivity index (χ0) is 29.1. The highest BCUT2D eigenvalue weighted by Gasteiger charge is 2.52. The van der Waals surface area contributed by atoms with E-state index in [0.29, 0.717) is 27.6 Å². The van der Waals surface area contributed by atoms with Crippen molar-refractivity contribution < 1.29 is 36.7 Å². The number of amides is 1. The van der Waals surface area contributed by atoms with Gasteiger partial charge in [-0.05, 0) is 57.4 Å². The number of hydrogen-bond acceptors (Lipinski definition) is 7. The van der Waals surface area contributed by atoms with Gasteiger partial charge in [-0.1, -0.05) is 0 Å². The molecule has 2 aromatic carbocycles. The standard InChI is InChI=1S/C27H28BF3N4O5/c1-26(2)27(3,4)40-28(39-26)15-7-14(12-32)21-18(10-15)34-35(5)23(21)13-8-19(37-6)22(20(9-13)38-25(30)31)24(36)33-17-11-16(17)29/h7-10,16-17,25H,11H2,1-6H3,(H,33,36)/t16-,17+/m0/s1. The van der Waals surface area contributed by atoms with E-state index in [1.54, 1.807) is 19.2 Å². The SMILES string of the molecule is COc1cc(-c2c3c(C#N)cc(B4OC(C)(C)C(C)(C)O4)cc3nn2C)cc(OC(F)F)c1C(=O)N[C@@H]1C[C@@H]1F. The number of nitriles is 1. The van der Waals surface area contributed by atoms with Gasteiger partial charge >= 0.3 is 13.7 Å². The summed E-state index contributed by atoms with van der Waals surface area (Å²) in [4.78, 5) is 12.9. The summed E-state index contributed by atoms with van der Waals surface area (Å²) in [5, 5.41) is 17.6. The van der Waals surface area contributed by atoms with Crippen molar-refractivity contribution in [3.63, 3.8) is 0 Å². The summed E-state index contributed by atoms with van der Waals surface area (Å²) in [6, 6.07) is 7.61. The molecule has 40 heavy (non-hydrogen) atoms. The topological polar surface area (TPSA) is 108 Å². The molecular weight excluding hydrogens is 528 g/mol. The predicted octanol–water partition coefficient (Wildman–Crippen LogP) is 3.86. The van der Waals surface area contributed by atoms with E-state index in [2.05, 4.69) is 16.5 Å². The highest BCUT2D eigenvalue weighted by molar-refractivity contribution is 6.62. The molecule has 0 bridgehead atoms. The summed E-state index contributed by atoms with van der Waals surface area (Å²) in [5.74, 6) is -1.33. The average molecular weight is 556 g/mol. The number of carbonyl (C=O) groups is 1. The van der Waals surface area contributed by atoms with Gasteiger partial charge in [0.05, 0.1) is 47.2 Å². The van der Waals surface area contributed by atoms with Gasteiger partial charge in [0.15, 0.2) is 0 Å². The van der Waals surface area contributed by atoms with Crippen molar-refractivity contribution in [1.29, 1.82) is 5.26 Å². The summed E-state index contributed by atoms with van der Waals surface area (Å²) in [7, 11) is 2.18. The Labute approximate surface area is 229 Å². The van der Waals surface area contributed by atoms with Crippen LogP contribution in [0.25, 0.3) is 22.2 Å². The first-order valence-electron chi connectivity index (χ1n) is 12.6. The Balaban J connectivity index is 1.63. The van der Waals surface area contributed by atoms with Gasteiger partial charge < -0.3 is 24.1 Å². The van der Waals surface area contributed by atoms with Gasteiger partial charge in [0.1, 0.15) is 23.2 Å². The summed E-state index contributed by atoms with van der Waals surface area (Å²) in [6.07, 6.45) is -1.05. The maximum atomic E-state index is 13.4. The highest BCUT2D eigenvalue weighted by Crippen LogP contribution is 2.41. The van der Waals surface area contributed by atoms with Crippen molar-refractivity contribution >= 4 is 29.4 Å². The van der Waals surface area contributed by atoms with Crippen molar-refractivity contribution in [2.24, 2.45) is 7.05 Å². The quantitative estimate of drug-likeness (QED) is 0.441. The van der Waals surface area contributed by atoms with Crippen LogP contribution in [0, 0.1) is 11.3 Å². The predicted molar refractivity (Wildman–Crippen MR) is 141 cm³/mol. The van der Waals surface area contributed by atoms with Crippen molar-refractivity contribution in [1.82, 2.24) is 15.1 Å². The average Bonchev–Trinajstić information content (AvgIpc) is 3.36. The van der Waals surface area contributed by atoms with Gasteiger partial charge in [-0.25, -0.2) is 4.39 Å². The van der Waals surface area contributed by atoms with Crippen LogP contribution in [0.1, 0.15) is 50.0 Å². The number of carbonyl (C=O) groups excluding carboxylic acids is 1. The molecule has 2 atom stereocenters. The first-order valence-corrected chi connectivity index (χ1v) is 12.6. The lowest BCUT2D eigenvalue weighted by Crippen LogP contribution is -2.41. The smallest absolute Gasteiger partial charge is 0.494 e. The lowest BCUT2D eigenvalue weighted by Gasteiger charge is -2.32. The molecule has 3 aromatic rings. The molecular formula is C27H28BF3N4O5. The molecule has 1 aliphatic heterocycles. The van der Waals surface area contributed by atoms with Gasteiger partial charge in [-0.15, -0.1) is 0 Å². The number of ether oxygens (including phenoxy) is 2. The molecule has 1 amide bonds. The second-order valence-electron chi connectivity index (χ2n) is 10.9. The normalized spacial score (nSPS) is 21.0. The fourth-order valence-electron chi connectivity index (χ4n) is 4.74. The third kappa shape index (κ3) is 4.75. The fraction of sp³-hybridized carbons (Fsp3) is 0.444. The minimum absolute atomic E-state index is 0.0663. The molecule has 5 rings (SSSR count). The number of benzene rings is 2. The number of fused-ring (bicyclic) bond motifs is 1. The Hall–Kier alpha value is -3.76. The van der Waals surface area contributed by atoms with E-state index < -0.39 is 48.8 Å². The van der Waals surface area contributed by atoms with Crippen LogP contribution in [-0.4, -0.2) is 59.9 Å². The van der Waals surface area contributed by atoms with Crippen LogP contribution in [-0.2, 0) is 16.4 Å². The molecule has 1 saturated heterocycles. The second-order valence-corrected chi connectivity index (χ2v) is 10.9. The number of halogens is 3. The van der Waals surface area contributed by atoms with Crippen LogP contribution in [0.3, 0.4) is 0 Å². The first kappa shape index (κ1) is 27.8. The molecule has 1 N–H and O–H groups in total. The van der Waals surface area contributed by atoms with Gasteiger partial charge in [-0.3, -0.25) is 9.48 Å². The van der Waals surface area contributed by atoms with E-state index in [4.69, 9.17) is 18.8 Å². The minimum atomic E-state index is -3.25. The van der Waals surface area contributed by atoms with Crippen LogP contribution in [0.15, 0.2) is 24.3 Å². The van der Waals surface area contributed by atoms with E-state index in [1.165, 1.54) is 23.9 Å². The Morgan fingerprint density at radius 2 is 1.82 bits per heavy atom. The number of aryl methyl sites for hydroxylation is 1. The Morgan fingerprint density at radius 1 is 1.20 bits per heavy atom. The van der Waals surface area contributed by atoms with Gasteiger partial charge in [0, 0.05) is 24.4 Å². The molecule has 9 nitrogen and oxygen atoms in total. The number of rotatable bonds is 7. The van der Waals surface area contributed by atoms with Crippen LogP contribution >= 0.6 is 0 Å². The summed E-state index contributed by atoms with van der Waals surface area (Å²) in [5.41, 5.74) is 0.540. The zero-order valence-electron chi connectivity index (χ0n) is 22.8. The molecule has 1 aliphatic carbocycles. The van der Waals surface area contributed by atoms with E-state index >= 15 is 0 Å². The molecule has 0 unspecified atom stereocenters. The highest BCUT2D eigenvalue weighted by atomic mass is 19.3. The largest absolute Gasteiger partial charge is 0.496 e. The first-order chi connectivity index (χ1) is 18.8. The van der Waals surface area contributed by atoms with E-state index in [-0.39, 0.29) is 23.3 Å². The van der Waals surface area contributed by atoms with Crippen LogP contribution in [0.5, 0.6) is 11.5 Å². The molecule has 0 spiro atoms. The molecule has 0 radical (unpaired) electrons. The number of alkyl halides is 3. The van der Waals surface area contributed by atoms with Crippen molar-refractivity contribution in [3.8, 4) is 28.8 Å². The number of nitrogens with zero attached hydrogens (tertiary/aromatic N) is 3. The van der Waals surface area contributed by atoms with Crippen LogP contribution in [0.2, 0.25) is 0 Å². The molecule has 210 valence electrons. The summed E-state index contributed by atoms with van der Waals surface area (Å²) < 4.78 is 64.1. The van der Waals surface area contributed by atoms with Gasteiger partial charge in [-0.2, -0.15) is 19.1 Å². The van der Waals surface area contributed by atoms with Crippen molar-refractivity contribution in [3.05, 3.63) is 35.4 Å². The minimum Gasteiger partial charge on any atom is -0.496 e. The molecule has 2 fully saturated rings. The lowest BCUT2D eigenvalue weighted by atomic mass is 9.77. The monoisotopic (exact) mass is 556 g/mol. The zero-order valence-corrected chi connectivity index (χ0v) is 22.8. The van der Waals surface area contributed by atoms with E-state index in [9.17, 15) is 23.2 Å².